The number of hydrogen-bond donors (Lipinski definition) is 1. The normalized spacial score (nSPS) is 11.8. The molecule has 0 saturated heterocycles. The van der Waals surface area contributed by atoms with Crippen molar-refractivity contribution in [3.63, 3.8) is 0 Å². The topological polar surface area (TPSA) is 58.6 Å². The van der Waals surface area contributed by atoms with E-state index >= 15 is 0 Å². The Morgan fingerprint density at radius 2 is 1.67 bits per heavy atom. The smallest absolute Gasteiger partial charge is 0.261 e. The van der Waals surface area contributed by atoms with Crippen LogP contribution in [-0.4, -0.2) is 35.9 Å². The average molecular weight is 475 g/mol. The number of carbonyl (C=O) groups is 2. The lowest BCUT2D eigenvalue weighted by Gasteiger charge is -2.29. The Morgan fingerprint density at radius 1 is 1.07 bits per heavy atom. The molecule has 0 heterocycles. The Balaban J connectivity index is 2.14. The van der Waals surface area contributed by atoms with Crippen LogP contribution in [0.4, 0.5) is 0 Å². The molecule has 5 nitrogen and oxygen atoms in total. The molecule has 1 N–H and O–H groups in total. The zero-order chi connectivity index (χ0) is 22.3. The Hall–Kier alpha value is -2.34. The van der Waals surface area contributed by atoms with Gasteiger partial charge in [-0.15, -0.1) is 0 Å². The third kappa shape index (κ3) is 6.87. The summed E-state index contributed by atoms with van der Waals surface area (Å²) in [4.78, 5) is 27.3. The summed E-state index contributed by atoms with van der Waals surface area (Å²) in [6.45, 7) is 10.6. The van der Waals surface area contributed by atoms with E-state index in [2.05, 4.69) is 21.2 Å². The van der Waals surface area contributed by atoms with Gasteiger partial charge in [0.25, 0.3) is 5.91 Å². The van der Waals surface area contributed by atoms with Crippen LogP contribution in [0.3, 0.4) is 0 Å². The summed E-state index contributed by atoms with van der Waals surface area (Å²) >= 11 is 3.54. The van der Waals surface area contributed by atoms with Crippen LogP contribution in [0.5, 0.6) is 5.75 Å². The third-order valence-corrected chi connectivity index (χ3v) is 6.07. The number of nitrogens with one attached hydrogen (secondary N) is 1. The highest BCUT2D eigenvalue weighted by atomic mass is 79.9. The molecule has 2 amide bonds. The third-order valence-electron chi connectivity index (χ3n) is 4.82. The Labute approximate surface area is 187 Å². The van der Waals surface area contributed by atoms with E-state index in [1.165, 1.54) is 0 Å². The molecule has 0 radical (unpaired) electrons. The van der Waals surface area contributed by atoms with Crippen LogP contribution in [-0.2, 0) is 16.1 Å². The van der Waals surface area contributed by atoms with Crippen LogP contribution in [0, 0.1) is 19.8 Å². The molecule has 2 aromatic rings. The van der Waals surface area contributed by atoms with Crippen molar-refractivity contribution in [1.29, 1.82) is 0 Å². The molecule has 0 spiro atoms. The van der Waals surface area contributed by atoms with Gasteiger partial charge in [-0.25, -0.2) is 0 Å². The second kappa shape index (κ2) is 11.2. The van der Waals surface area contributed by atoms with Gasteiger partial charge in [0, 0.05) is 17.6 Å². The zero-order valence-electron chi connectivity index (χ0n) is 18.4. The molecular formula is C24H31BrN2O3. The molecular weight excluding hydrogens is 444 g/mol. The van der Waals surface area contributed by atoms with Gasteiger partial charge < -0.3 is 15.0 Å². The van der Waals surface area contributed by atoms with E-state index in [1.807, 2.05) is 70.2 Å². The van der Waals surface area contributed by atoms with Crippen molar-refractivity contribution in [1.82, 2.24) is 10.2 Å². The lowest BCUT2D eigenvalue weighted by molar-refractivity contribution is -0.142. The molecule has 6 heteroatoms. The first-order valence-corrected chi connectivity index (χ1v) is 11.0. The Morgan fingerprint density at radius 3 is 2.23 bits per heavy atom. The molecule has 0 aromatic heterocycles. The number of ether oxygens (including phenoxy) is 1. The van der Waals surface area contributed by atoms with E-state index in [0.29, 0.717) is 24.8 Å². The van der Waals surface area contributed by atoms with Gasteiger partial charge in [0.2, 0.25) is 5.91 Å². The number of carbonyl (C=O) groups excluding carboxylic acids is 2. The highest BCUT2D eigenvalue weighted by Crippen LogP contribution is 2.26. The summed E-state index contributed by atoms with van der Waals surface area (Å²) < 4.78 is 6.82. The van der Waals surface area contributed by atoms with Crippen molar-refractivity contribution in [3.05, 3.63) is 63.6 Å². The first-order chi connectivity index (χ1) is 14.2. The summed E-state index contributed by atoms with van der Waals surface area (Å²) in [6.07, 6.45) is 0. The van der Waals surface area contributed by atoms with Gasteiger partial charge in [-0.1, -0.05) is 60.1 Å². The number of amides is 2. The first-order valence-electron chi connectivity index (χ1n) is 10.2. The minimum atomic E-state index is -0.603. The molecule has 0 saturated carbocycles. The Bertz CT molecular complexity index is 845. The fourth-order valence-electron chi connectivity index (χ4n) is 3.03. The second-order valence-electron chi connectivity index (χ2n) is 7.98. The van der Waals surface area contributed by atoms with Crippen LogP contribution < -0.4 is 10.1 Å². The van der Waals surface area contributed by atoms with E-state index in [0.717, 1.165) is 21.2 Å². The molecule has 0 aliphatic carbocycles. The van der Waals surface area contributed by atoms with E-state index in [9.17, 15) is 9.59 Å². The maximum atomic E-state index is 13.1. The maximum Gasteiger partial charge on any atom is 0.261 e. The minimum absolute atomic E-state index is 0.130. The van der Waals surface area contributed by atoms with Gasteiger partial charge in [0.15, 0.2) is 6.61 Å². The van der Waals surface area contributed by atoms with E-state index in [-0.39, 0.29) is 18.4 Å². The molecule has 2 rings (SSSR count). The second-order valence-corrected chi connectivity index (χ2v) is 8.77. The molecule has 0 unspecified atom stereocenters. The summed E-state index contributed by atoms with van der Waals surface area (Å²) in [5, 5.41) is 2.92. The highest BCUT2D eigenvalue weighted by Gasteiger charge is 2.26. The fourth-order valence-corrected chi connectivity index (χ4v) is 3.26. The Kier molecular flexibility index (Phi) is 8.90. The van der Waals surface area contributed by atoms with Gasteiger partial charge in [0.1, 0.15) is 11.8 Å². The van der Waals surface area contributed by atoms with Gasteiger partial charge in [0.05, 0.1) is 0 Å². The van der Waals surface area contributed by atoms with Crippen molar-refractivity contribution in [2.45, 2.75) is 47.2 Å². The summed E-state index contributed by atoms with van der Waals surface area (Å²) in [7, 11) is 0. The van der Waals surface area contributed by atoms with Crippen LogP contribution >= 0.6 is 15.9 Å². The predicted molar refractivity (Wildman–Crippen MR) is 123 cm³/mol. The molecule has 30 heavy (non-hydrogen) atoms. The quantitative estimate of drug-likeness (QED) is 0.575. The van der Waals surface area contributed by atoms with Crippen molar-refractivity contribution < 1.29 is 14.3 Å². The lowest BCUT2D eigenvalue weighted by Crippen LogP contribution is -2.49. The van der Waals surface area contributed by atoms with Gasteiger partial charge in [-0.3, -0.25) is 9.59 Å². The van der Waals surface area contributed by atoms with Crippen molar-refractivity contribution >= 4 is 27.7 Å². The van der Waals surface area contributed by atoms with Gasteiger partial charge >= 0.3 is 0 Å². The maximum absolute atomic E-state index is 13.1. The first kappa shape index (κ1) is 23.9. The predicted octanol–water partition coefficient (Wildman–Crippen LogP) is 4.63. The van der Waals surface area contributed by atoms with Gasteiger partial charge in [-0.05, 0) is 55.5 Å². The van der Waals surface area contributed by atoms with E-state index in [1.54, 1.807) is 11.8 Å². The van der Waals surface area contributed by atoms with Crippen molar-refractivity contribution in [3.8, 4) is 5.75 Å². The molecule has 0 aliphatic heterocycles. The van der Waals surface area contributed by atoms with Crippen LogP contribution in [0.25, 0.3) is 0 Å². The minimum Gasteiger partial charge on any atom is -0.484 e. The average Bonchev–Trinajstić information content (AvgIpc) is 2.72. The molecule has 0 aliphatic rings. The molecule has 2 aromatic carbocycles. The number of benzene rings is 2. The molecule has 162 valence electrons. The van der Waals surface area contributed by atoms with Crippen molar-refractivity contribution in [2.75, 3.05) is 13.2 Å². The largest absolute Gasteiger partial charge is 0.484 e. The lowest BCUT2D eigenvalue weighted by atomic mass is 10.1. The summed E-state index contributed by atoms with van der Waals surface area (Å²) in [5.41, 5.74) is 3.05. The number of nitrogens with zero attached hydrogens (tertiary/aromatic N) is 1. The summed E-state index contributed by atoms with van der Waals surface area (Å²) in [5.74, 6) is 0.581. The molecule has 0 bridgehead atoms. The standard InChI is InChI=1S/C24H31BrN2O3/c1-16(2)13-26-24(29)19(5)27(14-20-9-7-6-8-10-20)22(28)15-30-21-11-17(3)23(25)18(4)12-21/h6-12,16,19H,13-15H2,1-5H3,(H,26,29)/t19-/m0/s1. The number of rotatable bonds is 9. The summed E-state index contributed by atoms with van der Waals surface area (Å²) in [6, 6.07) is 12.8. The van der Waals surface area contributed by atoms with E-state index in [4.69, 9.17) is 4.74 Å². The fraction of sp³-hybridized carbons (Fsp3) is 0.417. The monoisotopic (exact) mass is 474 g/mol. The molecule has 1 atom stereocenters. The SMILES string of the molecule is Cc1cc(OCC(=O)N(Cc2ccccc2)[C@@H](C)C(=O)NCC(C)C)cc(C)c1Br. The highest BCUT2D eigenvalue weighted by molar-refractivity contribution is 9.10. The zero-order valence-corrected chi connectivity index (χ0v) is 20.0. The van der Waals surface area contributed by atoms with Gasteiger partial charge in [-0.2, -0.15) is 0 Å². The molecule has 0 fully saturated rings. The number of aryl methyl sites for hydroxylation is 2. The van der Waals surface area contributed by atoms with Crippen LogP contribution in [0.1, 0.15) is 37.5 Å². The van der Waals surface area contributed by atoms with Crippen molar-refractivity contribution in [2.24, 2.45) is 5.92 Å². The number of halogens is 1. The van der Waals surface area contributed by atoms with E-state index < -0.39 is 6.04 Å². The number of hydrogen-bond acceptors (Lipinski definition) is 3. The van der Waals surface area contributed by atoms with Crippen LogP contribution in [0.2, 0.25) is 0 Å². The van der Waals surface area contributed by atoms with Crippen LogP contribution in [0.15, 0.2) is 46.9 Å².